The average molecular weight is 321 g/mol. The first-order chi connectivity index (χ1) is 9.13. The fraction of sp³-hybridized carbons (Fsp3) is 0.286. The summed E-state index contributed by atoms with van der Waals surface area (Å²) in [5.41, 5.74) is 0.962. The van der Waals surface area contributed by atoms with Crippen molar-refractivity contribution in [1.29, 1.82) is 0 Å². The summed E-state index contributed by atoms with van der Waals surface area (Å²) >= 11 is 3.41. The Balaban J connectivity index is 2.04. The minimum atomic E-state index is 0.581. The Hall–Kier alpha value is -1.62. The second-order valence-electron chi connectivity index (χ2n) is 4.67. The van der Waals surface area contributed by atoms with E-state index in [2.05, 4.69) is 50.4 Å². The maximum Gasteiger partial charge on any atom is 0.229 e. The highest BCUT2D eigenvalue weighted by Crippen LogP contribution is 2.17. The molecule has 2 rings (SSSR count). The summed E-state index contributed by atoms with van der Waals surface area (Å²) in [4.78, 5) is 8.63. The monoisotopic (exact) mass is 320 g/mol. The molecule has 2 N–H and O–H groups in total. The van der Waals surface area contributed by atoms with Gasteiger partial charge in [-0.15, -0.1) is 0 Å². The maximum atomic E-state index is 4.42. The van der Waals surface area contributed by atoms with Gasteiger partial charge in [-0.2, -0.15) is 4.98 Å². The fourth-order valence-electron chi connectivity index (χ4n) is 1.49. The Labute approximate surface area is 121 Å². The van der Waals surface area contributed by atoms with Crippen LogP contribution >= 0.6 is 15.9 Å². The molecule has 0 amide bonds. The van der Waals surface area contributed by atoms with Crippen LogP contribution in [0.3, 0.4) is 0 Å². The number of halogens is 1. The van der Waals surface area contributed by atoms with Crippen molar-refractivity contribution >= 4 is 33.4 Å². The number of aromatic nitrogens is 2. The van der Waals surface area contributed by atoms with E-state index in [1.807, 2.05) is 30.3 Å². The van der Waals surface area contributed by atoms with Crippen LogP contribution in [0.2, 0.25) is 0 Å². The standard InChI is InChI=1S/C14H17BrN4/c1-10(2)9-17-13-7-8-16-14(19-13)18-12-5-3-11(15)4-6-12/h3-8,10H,9H2,1-2H3,(H2,16,17,18,19). The summed E-state index contributed by atoms with van der Waals surface area (Å²) in [6.07, 6.45) is 1.75. The number of hydrogen-bond donors (Lipinski definition) is 2. The SMILES string of the molecule is CC(C)CNc1ccnc(Nc2ccc(Br)cc2)n1. The molecule has 0 radical (unpaired) electrons. The second-order valence-corrected chi connectivity index (χ2v) is 5.59. The normalized spacial score (nSPS) is 10.5. The highest BCUT2D eigenvalue weighted by Gasteiger charge is 2.01. The molecule has 0 bridgehead atoms. The summed E-state index contributed by atoms with van der Waals surface area (Å²) in [6.45, 7) is 5.22. The van der Waals surface area contributed by atoms with Crippen molar-refractivity contribution in [3.63, 3.8) is 0 Å². The van der Waals surface area contributed by atoms with Gasteiger partial charge < -0.3 is 10.6 Å². The first-order valence-electron chi connectivity index (χ1n) is 6.23. The molecule has 1 heterocycles. The Morgan fingerprint density at radius 2 is 1.89 bits per heavy atom. The van der Waals surface area contributed by atoms with E-state index >= 15 is 0 Å². The summed E-state index contributed by atoms with van der Waals surface area (Å²) < 4.78 is 1.05. The highest BCUT2D eigenvalue weighted by molar-refractivity contribution is 9.10. The topological polar surface area (TPSA) is 49.8 Å². The molecule has 1 aromatic carbocycles. The maximum absolute atomic E-state index is 4.42. The zero-order valence-electron chi connectivity index (χ0n) is 11.0. The van der Waals surface area contributed by atoms with E-state index in [0.29, 0.717) is 11.9 Å². The molecule has 0 spiro atoms. The predicted octanol–water partition coefficient (Wildman–Crippen LogP) is 4.05. The summed E-state index contributed by atoms with van der Waals surface area (Å²) in [5, 5.41) is 6.46. The van der Waals surface area contributed by atoms with Crippen LogP contribution < -0.4 is 10.6 Å². The Morgan fingerprint density at radius 3 is 2.58 bits per heavy atom. The van der Waals surface area contributed by atoms with Crippen molar-refractivity contribution in [3.8, 4) is 0 Å². The molecule has 100 valence electrons. The Bertz CT molecular complexity index is 525. The summed E-state index contributed by atoms with van der Waals surface area (Å²) in [6, 6.07) is 9.77. The molecule has 1 aromatic heterocycles. The number of benzene rings is 1. The fourth-order valence-corrected chi connectivity index (χ4v) is 1.75. The van der Waals surface area contributed by atoms with Crippen LogP contribution in [0.5, 0.6) is 0 Å². The Kier molecular flexibility index (Phi) is 4.74. The molecule has 0 atom stereocenters. The lowest BCUT2D eigenvalue weighted by atomic mass is 10.2. The average Bonchev–Trinajstić information content (AvgIpc) is 2.40. The number of anilines is 3. The van der Waals surface area contributed by atoms with E-state index in [9.17, 15) is 0 Å². The molecule has 0 fully saturated rings. The van der Waals surface area contributed by atoms with Crippen molar-refractivity contribution in [1.82, 2.24) is 9.97 Å². The van der Waals surface area contributed by atoms with Gasteiger partial charge in [-0.1, -0.05) is 29.8 Å². The molecule has 0 unspecified atom stereocenters. The molecule has 0 aliphatic rings. The van der Waals surface area contributed by atoms with Crippen molar-refractivity contribution in [2.24, 2.45) is 5.92 Å². The lowest BCUT2D eigenvalue weighted by molar-refractivity contribution is 0.687. The van der Waals surface area contributed by atoms with Crippen molar-refractivity contribution in [2.45, 2.75) is 13.8 Å². The third kappa shape index (κ3) is 4.52. The van der Waals surface area contributed by atoms with Crippen molar-refractivity contribution in [3.05, 3.63) is 41.0 Å². The zero-order chi connectivity index (χ0) is 13.7. The third-order valence-corrected chi connectivity index (χ3v) is 2.98. The summed E-state index contributed by atoms with van der Waals surface area (Å²) in [5.74, 6) is 2.01. The second kappa shape index (κ2) is 6.52. The van der Waals surface area contributed by atoms with Gasteiger partial charge in [0.2, 0.25) is 5.95 Å². The molecule has 19 heavy (non-hydrogen) atoms. The molecule has 0 aliphatic carbocycles. The predicted molar refractivity (Wildman–Crippen MR) is 82.8 cm³/mol. The quantitative estimate of drug-likeness (QED) is 0.872. The van der Waals surface area contributed by atoms with Crippen LogP contribution in [0.1, 0.15) is 13.8 Å². The van der Waals surface area contributed by atoms with Crippen LogP contribution in [-0.2, 0) is 0 Å². The number of hydrogen-bond acceptors (Lipinski definition) is 4. The van der Waals surface area contributed by atoms with Gasteiger partial charge in [-0.25, -0.2) is 4.98 Å². The van der Waals surface area contributed by atoms with Crippen LogP contribution in [0, 0.1) is 5.92 Å². The van der Waals surface area contributed by atoms with Crippen LogP contribution in [-0.4, -0.2) is 16.5 Å². The molecular weight excluding hydrogens is 304 g/mol. The zero-order valence-corrected chi connectivity index (χ0v) is 12.6. The first kappa shape index (κ1) is 13.8. The molecule has 0 saturated heterocycles. The van der Waals surface area contributed by atoms with E-state index in [0.717, 1.165) is 22.5 Å². The van der Waals surface area contributed by atoms with Gasteiger partial charge in [-0.05, 0) is 36.2 Å². The smallest absolute Gasteiger partial charge is 0.229 e. The van der Waals surface area contributed by atoms with E-state index in [1.165, 1.54) is 0 Å². The van der Waals surface area contributed by atoms with E-state index in [-0.39, 0.29) is 0 Å². The lowest BCUT2D eigenvalue weighted by Crippen LogP contribution is -2.10. The van der Waals surface area contributed by atoms with Gasteiger partial charge in [0.1, 0.15) is 5.82 Å². The van der Waals surface area contributed by atoms with E-state index in [4.69, 9.17) is 0 Å². The molecule has 4 nitrogen and oxygen atoms in total. The van der Waals surface area contributed by atoms with Gasteiger partial charge >= 0.3 is 0 Å². The van der Waals surface area contributed by atoms with Gasteiger partial charge in [-0.3, -0.25) is 0 Å². The molecule has 2 aromatic rings. The molecule has 0 saturated carbocycles. The third-order valence-electron chi connectivity index (χ3n) is 2.45. The minimum Gasteiger partial charge on any atom is -0.370 e. The number of nitrogens with one attached hydrogen (secondary N) is 2. The van der Waals surface area contributed by atoms with Gasteiger partial charge in [0.15, 0.2) is 0 Å². The number of nitrogens with zero attached hydrogens (tertiary/aromatic N) is 2. The Morgan fingerprint density at radius 1 is 1.16 bits per heavy atom. The van der Waals surface area contributed by atoms with Gasteiger partial charge in [0.25, 0.3) is 0 Å². The van der Waals surface area contributed by atoms with E-state index < -0.39 is 0 Å². The number of rotatable bonds is 5. The van der Waals surface area contributed by atoms with Gasteiger partial charge in [0.05, 0.1) is 0 Å². The molecule has 5 heteroatoms. The van der Waals surface area contributed by atoms with Crippen LogP contribution in [0.25, 0.3) is 0 Å². The van der Waals surface area contributed by atoms with Crippen molar-refractivity contribution in [2.75, 3.05) is 17.2 Å². The molecular formula is C14H17BrN4. The van der Waals surface area contributed by atoms with Crippen molar-refractivity contribution < 1.29 is 0 Å². The van der Waals surface area contributed by atoms with Gasteiger partial charge in [0, 0.05) is 22.9 Å². The summed E-state index contributed by atoms with van der Waals surface area (Å²) in [7, 11) is 0. The highest BCUT2D eigenvalue weighted by atomic mass is 79.9. The first-order valence-corrected chi connectivity index (χ1v) is 7.02. The van der Waals surface area contributed by atoms with Crippen LogP contribution in [0.4, 0.5) is 17.5 Å². The van der Waals surface area contributed by atoms with E-state index in [1.54, 1.807) is 6.20 Å². The van der Waals surface area contributed by atoms with Crippen LogP contribution in [0.15, 0.2) is 41.0 Å². The molecule has 0 aliphatic heterocycles. The minimum absolute atomic E-state index is 0.581. The largest absolute Gasteiger partial charge is 0.370 e. The lowest BCUT2D eigenvalue weighted by Gasteiger charge is -2.09.